The maximum Gasteiger partial charge on any atom is 0.407 e. The molecule has 1 unspecified atom stereocenters. The Labute approximate surface area is 134 Å². The summed E-state index contributed by atoms with van der Waals surface area (Å²) in [6, 6.07) is 8.07. The Morgan fingerprint density at radius 1 is 1.30 bits per heavy atom. The van der Waals surface area contributed by atoms with Crippen LogP contribution < -0.4 is 0 Å². The quantitative estimate of drug-likeness (QED) is 0.936. The van der Waals surface area contributed by atoms with Crippen LogP contribution in [0.1, 0.15) is 31.7 Å². The number of aryl methyl sites for hydroxylation is 1. The standard InChI is InChI=1S/C16H21N5O2/c1-2-21-18-15(17-19-21)13-8-6-12(7-9-13)11-14-5-3-4-10-20(14)16(22)23/h6-9,14H,2-5,10-11H2,1H3,(H,22,23). The van der Waals surface area contributed by atoms with Crippen molar-refractivity contribution < 1.29 is 9.90 Å². The summed E-state index contributed by atoms with van der Waals surface area (Å²) in [4.78, 5) is 14.5. The minimum Gasteiger partial charge on any atom is -0.465 e. The minimum absolute atomic E-state index is 0.0752. The van der Waals surface area contributed by atoms with Crippen LogP contribution in [0.3, 0.4) is 0 Å². The van der Waals surface area contributed by atoms with Gasteiger partial charge in [0.05, 0.1) is 6.54 Å². The van der Waals surface area contributed by atoms with E-state index < -0.39 is 6.09 Å². The second-order valence-electron chi connectivity index (χ2n) is 5.83. The lowest BCUT2D eigenvalue weighted by molar-refractivity contribution is 0.106. The molecule has 1 fully saturated rings. The number of aromatic nitrogens is 4. The van der Waals surface area contributed by atoms with Gasteiger partial charge in [0, 0.05) is 18.2 Å². The van der Waals surface area contributed by atoms with Gasteiger partial charge in [0.15, 0.2) is 0 Å². The lowest BCUT2D eigenvalue weighted by Gasteiger charge is -2.33. The molecule has 1 amide bonds. The van der Waals surface area contributed by atoms with Crippen molar-refractivity contribution in [3.63, 3.8) is 0 Å². The maximum atomic E-state index is 11.3. The monoisotopic (exact) mass is 315 g/mol. The Balaban J connectivity index is 1.70. The molecule has 0 radical (unpaired) electrons. The second kappa shape index (κ2) is 6.76. The molecule has 2 heterocycles. The van der Waals surface area contributed by atoms with E-state index in [0.29, 0.717) is 18.9 Å². The van der Waals surface area contributed by atoms with Gasteiger partial charge in [-0.05, 0) is 43.4 Å². The van der Waals surface area contributed by atoms with E-state index in [9.17, 15) is 9.90 Å². The van der Waals surface area contributed by atoms with Crippen molar-refractivity contribution in [2.75, 3.05) is 6.54 Å². The third-order valence-corrected chi connectivity index (χ3v) is 4.29. The van der Waals surface area contributed by atoms with Crippen molar-refractivity contribution >= 4 is 6.09 Å². The minimum atomic E-state index is -0.813. The van der Waals surface area contributed by atoms with Gasteiger partial charge in [-0.1, -0.05) is 24.3 Å². The highest BCUT2D eigenvalue weighted by atomic mass is 16.4. The predicted molar refractivity (Wildman–Crippen MR) is 85.0 cm³/mol. The highest BCUT2D eigenvalue weighted by Gasteiger charge is 2.26. The topological polar surface area (TPSA) is 84.1 Å². The van der Waals surface area contributed by atoms with E-state index in [4.69, 9.17) is 0 Å². The molecule has 1 aromatic carbocycles. The van der Waals surface area contributed by atoms with E-state index in [2.05, 4.69) is 15.4 Å². The maximum absolute atomic E-state index is 11.3. The van der Waals surface area contributed by atoms with Gasteiger partial charge in [-0.25, -0.2) is 4.79 Å². The number of hydrogen-bond acceptors (Lipinski definition) is 4. The second-order valence-corrected chi connectivity index (χ2v) is 5.83. The van der Waals surface area contributed by atoms with Gasteiger partial charge in [0.1, 0.15) is 0 Å². The first-order chi connectivity index (χ1) is 11.2. The van der Waals surface area contributed by atoms with Gasteiger partial charge < -0.3 is 10.0 Å². The fourth-order valence-corrected chi connectivity index (χ4v) is 3.02. The summed E-state index contributed by atoms with van der Waals surface area (Å²) in [5.74, 6) is 0.614. The van der Waals surface area contributed by atoms with E-state index in [1.165, 1.54) is 0 Å². The Bertz CT molecular complexity index is 667. The van der Waals surface area contributed by atoms with Gasteiger partial charge >= 0.3 is 6.09 Å². The molecule has 1 atom stereocenters. The van der Waals surface area contributed by atoms with E-state index in [0.717, 1.165) is 36.8 Å². The summed E-state index contributed by atoms with van der Waals surface area (Å²) >= 11 is 0. The summed E-state index contributed by atoms with van der Waals surface area (Å²) in [5, 5.41) is 21.6. The number of rotatable bonds is 4. The lowest BCUT2D eigenvalue weighted by Crippen LogP contribution is -2.44. The number of likely N-dealkylation sites (tertiary alicyclic amines) is 1. The van der Waals surface area contributed by atoms with Crippen LogP contribution in [0, 0.1) is 0 Å². The Morgan fingerprint density at radius 2 is 2.09 bits per heavy atom. The summed E-state index contributed by atoms with van der Waals surface area (Å²) in [7, 11) is 0. The highest BCUT2D eigenvalue weighted by Crippen LogP contribution is 2.22. The number of piperidine rings is 1. The van der Waals surface area contributed by atoms with Crippen LogP contribution in [-0.4, -0.2) is 48.9 Å². The van der Waals surface area contributed by atoms with Gasteiger partial charge in [-0.15, -0.1) is 10.2 Å². The molecular formula is C16H21N5O2. The van der Waals surface area contributed by atoms with Crippen molar-refractivity contribution in [3.05, 3.63) is 29.8 Å². The zero-order valence-electron chi connectivity index (χ0n) is 13.2. The van der Waals surface area contributed by atoms with Crippen LogP contribution in [0.5, 0.6) is 0 Å². The van der Waals surface area contributed by atoms with E-state index in [1.54, 1.807) is 9.70 Å². The fourth-order valence-electron chi connectivity index (χ4n) is 3.02. The lowest BCUT2D eigenvalue weighted by atomic mass is 9.95. The number of benzene rings is 1. The molecule has 3 rings (SSSR count). The smallest absolute Gasteiger partial charge is 0.407 e. The van der Waals surface area contributed by atoms with Crippen molar-refractivity contribution in [1.82, 2.24) is 25.1 Å². The van der Waals surface area contributed by atoms with Crippen LogP contribution in [0.15, 0.2) is 24.3 Å². The van der Waals surface area contributed by atoms with E-state index >= 15 is 0 Å². The van der Waals surface area contributed by atoms with Crippen molar-refractivity contribution in [3.8, 4) is 11.4 Å². The molecule has 0 saturated carbocycles. The van der Waals surface area contributed by atoms with Gasteiger partial charge in [-0.3, -0.25) is 0 Å². The molecule has 0 bridgehead atoms. The summed E-state index contributed by atoms with van der Waals surface area (Å²) < 4.78 is 0. The van der Waals surface area contributed by atoms with Gasteiger partial charge in [-0.2, -0.15) is 4.80 Å². The SMILES string of the molecule is CCn1nnc(-c2ccc(CC3CCCCN3C(=O)O)cc2)n1. The van der Waals surface area contributed by atoms with Crippen LogP contribution >= 0.6 is 0 Å². The molecule has 0 aliphatic carbocycles. The molecule has 1 aliphatic rings. The first kappa shape index (κ1) is 15.5. The Hall–Kier alpha value is -2.44. The predicted octanol–water partition coefficient (Wildman–Crippen LogP) is 2.44. The van der Waals surface area contributed by atoms with Gasteiger partial charge in [0.2, 0.25) is 5.82 Å². The van der Waals surface area contributed by atoms with E-state index in [1.807, 2.05) is 31.2 Å². The normalized spacial score (nSPS) is 18.1. The zero-order chi connectivity index (χ0) is 16.2. The molecule has 7 nitrogen and oxygen atoms in total. The first-order valence-corrected chi connectivity index (χ1v) is 8.04. The number of amides is 1. The first-order valence-electron chi connectivity index (χ1n) is 8.04. The van der Waals surface area contributed by atoms with Crippen LogP contribution in [0.25, 0.3) is 11.4 Å². The molecule has 7 heteroatoms. The third kappa shape index (κ3) is 3.49. The van der Waals surface area contributed by atoms with Crippen molar-refractivity contribution in [1.29, 1.82) is 0 Å². The number of hydrogen-bond donors (Lipinski definition) is 1. The molecule has 2 aromatic rings. The summed E-state index contributed by atoms with van der Waals surface area (Å²) in [6.07, 6.45) is 2.92. The highest BCUT2D eigenvalue weighted by molar-refractivity contribution is 5.65. The van der Waals surface area contributed by atoms with Crippen LogP contribution in [-0.2, 0) is 13.0 Å². The zero-order valence-corrected chi connectivity index (χ0v) is 13.2. The molecule has 1 N–H and O–H groups in total. The Morgan fingerprint density at radius 3 is 2.74 bits per heavy atom. The average Bonchev–Trinajstić information content (AvgIpc) is 3.05. The molecule has 0 spiro atoms. The van der Waals surface area contributed by atoms with E-state index in [-0.39, 0.29) is 6.04 Å². The molecule has 23 heavy (non-hydrogen) atoms. The van der Waals surface area contributed by atoms with Crippen molar-refractivity contribution in [2.24, 2.45) is 0 Å². The number of tetrazole rings is 1. The number of nitrogens with zero attached hydrogens (tertiary/aromatic N) is 5. The largest absolute Gasteiger partial charge is 0.465 e. The van der Waals surface area contributed by atoms with Gasteiger partial charge in [0.25, 0.3) is 0 Å². The molecule has 1 aromatic heterocycles. The summed E-state index contributed by atoms with van der Waals surface area (Å²) in [5.41, 5.74) is 2.06. The van der Waals surface area contributed by atoms with Crippen LogP contribution in [0.4, 0.5) is 4.79 Å². The number of carbonyl (C=O) groups is 1. The summed E-state index contributed by atoms with van der Waals surface area (Å²) in [6.45, 7) is 3.30. The average molecular weight is 315 g/mol. The van der Waals surface area contributed by atoms with Crippen LogP contribution in [0.2, 0.25) is 0 Å². The third-order valence-electron chi connectivity index (χ3n) is 4.29. The molecular weight excluding hydrogens is 294 g/mol. The Kier molecular flexibility index (Phi) is 4.55. The molecule has 122 valence electrons. The number of carboxylic acid groups (broad SMARTS) is 1. The van der Waals surface area contributed by atoms with Crippen molar-refractivity contribution in [2.45, 2.75) is 45.2 Å². The molecule has 1 aliphatic heterocycles. The fraction of sp³-hybridized carbons (Fsp3) is 0.500. The molecule has 1 saturated heterocycles.